The molecule has 1 aromatic heterocycles. The van der Waals surface area contributed by atoms with Gasteiger partial charge in [-0.25, -0.2) is 9.78 Å². The van der Waals surface area contributed by atoms with Gasteiger partial charge in [-0.1, -0.05) is 6.92 Å². The minimum Gasteiger partial charge on any atom is -0.477 e. The van der Waals surface area contributed by atoms with E-state index in [-0.39, 0.29) is 22.7 Å². The van der Waals surface area contributed by atoms with Crippen molar-refractivity contribution in [3.63, 3.8) is 0 Å². The van der Waals surface area contributed by atoms with Crippen LogP contribution in [0.25, 0.3) is 0 Å². The van der Waals surface area contributed by atoms with E-state index < -0.39 is 5.97 Å². The summed E-state index contributed by atoms with van der Waals surface area (Å²) < 4.78 is 0. The van der Waals surface area contributed by atoms with Gasteiger partial charge in [0.05, 0.1) is 11.7 Å². The van der Waals surface area contributed by atoms with Gasteiger partial charge in [0, 0.05) is 5.92 Å². The zero-order valence-corrected chi connectivity index (χ0v) is 12.1. The lowest BCUT2D eigenvalue weighted by molar-refractivity contribution is -0.125. The second-order valence-corrected chi connectivity index (χ2v) is 6.16. The Bertz CT molecular complexity index is 508. The maximum atomic E-state index is 12.0. The van der Waals surface area contributed by atoms with Gasteiger partial charge in [-0.15, -0.1) is 11.3 Å². The molecular formula is C13H18N2O3S. The molecule has 2 rings (SSSR count). The Morgan fingerprint density at radius 1 is 1.42 bits per heavy atom. The molecule has 5 nitrogen and oxygen atoms in total. The van der Waals surface area contributed by atoms with E-state index in [4.69, 9.17) is 5.11 Å². The predicted octanol–water partition coefficient (Wildman–Crippen LogP) is 2.37. The third-order valence-corrected chi connectivity index (χ3v) is 4.81. The number of aromatic nitrogens is 1. The first-order valence-corrected chi connectivity index (χ1v) is 7.22. The molecule has 0 aliphatic heterocycles. The third kappa shape index (κ3) is 3.12. The number of carboxylic acids is 1. The molecule has 104 valence electrons. The number of nitrogens with one attached hydrogen (secondary N) is 1. The molecule has 0 spiro atoms. The van der Waals surface area contributed by atoms with Crippen LogP contribution in [0.4, 0.5) is 0 Å². The summed E-state index contributed by atoms with van der Waals surface area (Å²) in [5.41, 5.74) is 0.504. The molecular weight excluding hydrogens is 264 g/mol. The van der Waals surface area contributed by atoms with Crippen molar-refractivity contribution in [3.05, 3.63) is 15.6 Å². The Kier molecular flexibility index (Phi) is 3.89. The van der Waals surface area contributed by atoms with Gasteiger partial charge in [0.2, 0.25) is 5.91 Å². The highest BCUT2D eigenvalue weighted by atomic mass is 32.1. The number of aryl methyl sites for hydroxylation is 1. The molecule has 2 unspecified atom stereocenters. The maximum Gasteiger partial charge on any atom is 0.347 e. The topological polar surface area (TPSA) is 79.3 Å². The Hall–Kier alpha value is -1.43. The van der Waals surface area contributed by atoms with E-state index in [0.29, 0.717) is 16.6 Å². The SMILES string of the molecule is Cc1nc(C(C)NC(=O)C(C)C2CC2)sc1C(=O)O. The summed E-state index contributed by atoms with van der Waals surface area (Å²) in [7, 11) is 0. The molecule has 1 fully saturated rings. The lowest BCUT2D eigenvalue weighted by atomic mass is 10.1. The van der Waals surface area contributed by atoms with Gasteiger partial charge in [-0.3, -0.25) is 4.79 Å². The molecule has 2 N–H and O–H groups in total. The first-order valence-electron chi connectivity index (χ1n) is 6.41. The van der Waals surface area contributed by atoms with Gasteiger partial charge in [0.1, 0.15) is 9.88 Å². The van der Waals surface area contributed by atoms with Crippen LogP contribution in [-0.2, 0) is 4.79 Å². The second-order valence-electron chi connectivity index (χ2n) is 5.13. The zero-order chi connectivity index (χ0) is 14.2. The van der Waals surface area contributed by atoms with Crippen molar-refractivity contribution >= 4 is 23.2 Å². The van der Waals surface area contributed by atoms with Crippen molar-refractivity contribution in [1.82, 2.24) is 10.3 Å². The average Bonchev–Trinajstić information content (AvgIpc) is 3.10. The fourth-order valence-corrected chi connectivity index (χ4v) is 2.93. The first-order chi connectivity index (χ1) is 8.90. The largest absolute Gasteiger partial charge is 0.477 e. The number of rotatable bonds is 5. The lowest BCUT2D eigenvalue weighted by Gasteiger charge is -2.15. The molecule has 1 heterocycles. The van der Waals surface area contributed by atoms with Crippen molar-refractivity contribution < 1.29 is 14.7 Å². The number of amides is 1. The molecule has 2 atom stereocenters. The van der Waals surface area contributed by atoms with E-state index >= 15 is 0 Å². The summed E-state index contributed by atoms with van der Waals surface area (Å²) in [6.45, 7) is 5.45. The number of hydrogen-bond donors (Lipinski definition) is 2. The van der Waals surface area contributed by atoms with E-state index in [1.165, 1.54) is 0 Å². The summed E-state index contributed by atoms with van der Waals surface area (Å²) in [4.78, 5) is 27.4. The molecule has 1 aliphatic carbocycles. The lowest BCUT2D eigenvalue weighted by Crippen LogP contribution is -2.32. The van der Waals surface area contributed by atoms with E-state index in [0.717, 1.165) is 24.2 Å². The van der Waals surface area contributed by atoms with E-state index in [9.17, 15) is 9.59 Å². The van der Waals surface area contributed by atoms with Crippen molar-refractivity contribution in [2.75, 3.05) is 0 Å². The van der Waals surface area contributed by atoms with Gasteiger partial charge in [0.25, 0.3) is 0 Å². The molecule has 0 saturated heterocycles. The van der Waals surface area contributed by atoms with Gasteiger partial charge in [0.15, 0.2) is 0 Å². The molecule has 19 heavy (non-hydrogen) atoms. The molecule has 0 bridgehead atoms. The number of aromatic carboxylic acids is 1. The number of hydrogen-bond acceptors (Lipinski definition) is 4. The van der Waals surface area contributed by atoms with Crippen molar-refractivity contribution in [1.29, 1.82) is 0 Å². The molecule has 1 aliphatic rings. The second kappa shape index (κ2) is 5.28. The summed E-state index contributed by atoms with van der Waals surface area (Å²) in [5, 5.41) is 12.6. The van der Waals surface area contributed by atoms with Gasteiger partial charge < -0.3 is 10.4 Å². The van der Waals surface area contributed by atoms with E-state index in [1.54, 1.807) is 6.92 Å². The number of thiazole rings is 1. The highest BCUT2D eigenvalue weighted by molar-refractivity contribution is 7.13. The van der Waals surface area contributed by atoms with Crippen molar-refractivity contribution in [2.24, 2.45) is 11.8 Å². The molecule has 0 radical (unpaired) electrons. The maximum absolute atomic E-state index is 12.0. The van der Waals surface area contributed by atoms with E-state index in [2.05, 4.69) is 10.3 Å². The normalized spacial score (nSPS) is 17.8. The van der Waals surface area contributed by atoms with Crippen molar-refractivity contribution in [3.8, 4) is 0 Å². The number of nitrogens with zero attached hydrogens (tertiary/aromatic N) is 1. The molecule has 0 aromatic carbocycles. The monoisotopic (exact) mass is 282 g/mol. The summed E-state index contributed by atoms with van der Waals surface area (Å²) >= 11 is 1.13. The predicted molar refractivity (Wildman–Crippen MR) is 72.3 cm³/mol. The number of carbonyl (C=O) groups is 2. The first kappa shape index (κ1) is 14.0. The Morgan fingerprint density at radius 3 is 2.53 bits per heavy atom. The standard InChI is InChI=1S/C13H18N2O3S/c1-6(9-4-5-9)11(16)14-8(3)12-15-7(2)10(19-12)13(17)18/h6,8-9H,4-5H2,1-3H3,(H,14,16)(H,17,18). The third-order valence-electron chi connectivity index (χ3n) is 3.48. The Balaban J connectivity index is 2.02. The Labute approximate surface area is 116 Å². The van der Waals surface area contributed by atoms with Gasteiger partial charge in [-0.2, -0.15) is 0 Å². The average molecular weight is 282 g/mol. The van der Waals surface area contributed by atoms with Crippen LogP contribution >= 0.6 is 11.3 Å². The van der Waals surface area contributed by atoms with Crippen LogP contribution in [0.3, 0.4) is 0 Å². The highest BCUT2D eigenvalue weighted by Gasteiger charge is 2.33. The van der Waals surface area contributed by atoms with Crippen LogP contribution in [0.1, 0.15) is 53.1 Å². The zero-order valence-electron chi connectivity index (χ0n) is 11.3. The minimum atomic E-state index is -0.967. The van der Waals surface area contributed by atoms with Crippen molar-refractivity contribution in [2.45, 2.75) is 39.7 Å². The fourth-order valence-electron chi connectivity index (χ4n) is 2.02. The summed E-state index contributed by atoms with van der Waals surface area (Å²) in [5.74, 6) is -0.395. The van der Waals surface area contributed by atoms with Crippen LogP contribution < -0.4 is 5.32 Å². The smallest absolute Gasteiger partial charge is 0.347 e. The number of carboxylic acid groups (broad SMARTS) is 1. The van der Waals surface area contributed by atoms with Crippen LogP contribution in [0.15, 0.2) is 0 Å². The van der Waals surface area contributed by atoms with Gasteiger partial charge >= 0.3 is 5.97 Å². The number of carbonyl (C=O) groups excluding carboxylic acids is 1. The van der Waals surface area contributed by atoms with Crippen LogP contribution in [0.2, 0.25) is 0 Å². The highest BCUT2D eigenvalue weighted by Crippen LogP contribution is 2.37. The molecule has 1 saturated carbocycles. The molecule has 1 aromatic rings. The van der Waals surface area contributed by atoms with Crippen LogP contribution in [0.5, 0.6) is 0 Å². The fraction of sp³-hybridized carbons (Fsp3) is 0.615. The summed E-state index contributed by atoms with van der Waals surface area (Å²) in [6, 6.07) is -0.245. The summed E-state index contributed by atoms with van der Waals surface area (Å²) in [6.07, 6.45) is 2.25. The Morgan fingerprint density at radius 2 is 2.05 bits per heavy atom. The van der Waals surface area contributed by atoms with Crippen LogP contribution in [-0.4, -0.2) is 22.0 Å². The van der Waals surface area contributed by atoms with Gasteiger partial charge in [-0.05, 0) is 32.6 Å². The molecule has 1 amide bonds. The van der Waals surface area contributed by atoms with Crippen LogP contribution in [0, 0.1) is 18.8 Å². The minimum absolute atomic E-state index is 0.0275. The quantitative estimate of drug-likeness (QED) is 0.869. The molecule has 6 heteroatoms. The van der Waals surface area contributed by atoms with E-state index in [1.807, 2.05) is 13.8 Å².